The van der Waals surface area contributed by atoms with E-state index in [0.29, 0.717) is 24.5 Å². The molecule has 0 saturated carbocycles. The number of nitrogens with two attached hydrogens (primary N) is 1. The van der Waals surface area contributed by atoms with Gasteiger partial charge in [0.15, 0.2) is 0 Å². The third-order valence-electron chi connectivity index (χ3n) is 3.57. The molecule has 0 radical (unpaired) electrons. The first-order valence-corrected chi connectivity index (χ1v) is 6.71. The van der Waals surface area contributed by atoms with Crippen LogP contribution in [-0.4, -0.2) is 0 Å². The second-order valence-corrected chi connectivity index (χ2v) is 5.46. The van der Waals surface area contributed by atoms with Crippen LogP contribution in [0.25, 0.3) is 0 Å². The summed E-state index contributed by atoms with van der Waals surface area (Å²) in [6.45, 7) is 1.20. The van der Waals surface area contributed by atoms with Gasteiger partial charge in [0, 0.05) is 18.8 Å². The second-order valence-electron chi connectivity index (χ2n) is 5.05. The number of hydrogen-bond donors (Lipinski definition) is 1. The van der Waals surface area contributed by atoms with Gasteiger partial charge in [-0.2, -0.15) is 13.2 Å². The summed E-state index contributed by atoms with van der Waals surface area (Å²) in [5.41, 5.74) is 8.46. The van der Waals surface area contributed by atoms with Crippen molar-refractivity contribution in [3.63, 3.8) is 0 Å². The molecule has 0 aromatic heterocycles. The molecule has 1 aliphatic rings. The summed E-state index contributed by atoms with van der Waals surface area (Å²) in [5.74, 6) is 0. The molecule has 6 heteroatoms. The highest BCUT2D eigenvalue weighted by molar-refractivity contribution is 6.33. The average molecular weight is 313 g/mol. The third kappa shape index (κ3) is 2.65. The number of hydrogen-bond acceptors (Lipinski definition) is 2. The average Bonchev–Trinajstić information content (AvgIpc) is 2.80. The van der Waals surface area contributed by atoms with Crippen molar-refractivity contribution < 1.29 is 13.2 Å². The van der Waals surface area contributed by atoms with Gasteiger partial charge in [0.25, 0.3) is 0 Å². The first-order valence-electron chi connectivity index (χ1n) is 6.33. The molecular weight excluding hydrogens is 301 g/mol. The van der Waals surface area contributed by atoms with E-state index in [1.807, 2.05) is 23.1 Å². The Morgan fingerprint density at radius 2 is 1.71 bits per heavy atom. The zero-order chi connectivity index (χ0) is 15.2. The fraction of sp³-hybridized carbons (Fsp3) is 0.200. The Bertz CT molecular complexity index is 698. The molecular formula is C15H12ClF3N2. The van der Waals surface area contributed by atoms with Gasteiger partial charge < -0.3 is 10.6 Å². The van der Waals surface area contributed by atoms with Gasteiger partial charge in [-0.1, -0.05) is 17.7 Å². The van der Waals surface area contributed by atoms with Crippen LogP contribution in [-0.2, 0) is 19.3 Å². The van der Waals surface area contributed by atoms with Crippen LogP contribution in [0.5, 0.6) is 0 Å². The molecule has 0 saturated heterocycles. The van der Waals surface area contributed by atoms with Gasteiger partial charge in [-0.05, 0) is 41.5 Å². The summed E-state index contributed by atoms with van der Waals surface area (Å²) < 4.78 is 38.0. The lowest BCUT2D eigenvalue weighted by atomic mass is 10.1. The lowest BCUT2D eigenvalue weighted by molar-refractivity contribution is -0.137. The van der Waals surface area contributed by atoms with Crippen LogP contribution < -0.4 is 10.6 Å². The van der Waals surface area contributed by atoms with E-state index in [4.69, 9.17) is 17.3 Å². The predicted molar refractivity (Wildman–Crippen MR) is 77.2 cm³/mol. The van der Waals surface area contributed by atoms with Crippen LogP contribution >= 0.6 is 11.6 Å². The number of fused-ring (bicyclic) bond motifs is 1. The number of rotatable bonds is 1. The topological polar surface area (TPSA) is 29.3 Å². The van der Waals surface area contributed by atoms with Crippen LogP contribution in [0.2, 0.25) is 5.02 Å². The quantitative estimate of drug-likeness (QED) is 0.788. The predicted octanol–water partition coefficient (Wildman–Crippen LogP) is 4.46. The molecule has 1 heterocycles. The van der Waals surface area contributed by atoms with Gasteiger partial charge >= 0.3 is 6.18 Å². The van der Waals surface area contributed by atoms with E-state index in [9.17, 15) is 13.2 Å². The van der Waals surface area contributed by atoms with E-state index in [1.54, 1.807) is 0 Å². The third-order valence-corrected chi connectivity index (χ3v) is 3.87. The van der Waals surface area contributed by atoms with Gasteiger partial charge in [0.05, 0.1) is 16.3 Å². The second kappa shape index (κ2) is 4.84. The van der Waals surface area contributed by atoms with Crippen molar-refractivity contribution in [3.05, 3.63) is 58.1 Å². The van der Waals surface area contributed by atoms with E-state index < -0.39 is 11.7 Å². The number of alkyl halides is 3. The minimum atomic E-state index is -4.38. The normalized spacial score (nSPS) is 14.4. The van der Waals surface area contributed by atoms with E-state index in [-0.39, 0.29) is 5.02 Å². The van der Waals surface area contributed by atoms with Gasteiger partial charge in [0.2, 0.25) is 0 Å². The van der Waals surface area contributed by atoms with Crippen molar-refractivity contribution >= 4 is 23.0 Å². The fourth-order valence-corrected chi connectivity index (χ4v) is 2.82. The SMILES string of the molecule is Nc1ccc2c(c1)CN(c1ccc(C(F)(F)F)cc1Cl)C2. The van der Waals surface area contributed by atoms with E-state index >= 15 is 0 Å². The summed E-state index contributed by atoms with van der Waals surface area (Å²) in [6, 6.07) is 9.07. The zero-order valence-corrected chi connectivity index (χ0v) is 11.7. The fourth-order valence-electron chi connectivity index (χ4n) is 2.52. The number of anilines is 2. The molecule has 21 heavy (non-hydrogen) atoms. The van der Waals surface area contributed by atoms with E-state index in [0.717, 1.165) is 23.3 Å². The standard InChI is InChI=1S/C15H12ClF3N2/c16-13-6-11(15(17,18)19)2-4-14(13)21-7-9-1-3-12(20)5-10(9)8-21/h1-6H,7-8,20H2. The maximum atomic E-state index is 12.7. The molecule has 0 spiro atoms. The molecule has 0 bridgehead atoms. The number of nitrogens with zero attached hydrogens (tertiary/aromatic N) is 1. The van der Waals surface area contributed by atoms with Crippen molar-refractivity contribution in [1.82, 2.24) is 0 Å². The summed E-state index contributed by atoms with van der Waals surface area (Å²) in [5, 5.41) is 0.102. The first kappa shape index (κ1) is 14.1. The molecule has 0 fully saturated rings. The molecule has 0 amide bonds. The molecule has 2 aromatic carbocycles. The molecule has 2 aromatic rings. The van der Waals surface area contributed by atoms with Crippen LogP contribution in [0, 0.1) is 0 Å². The van der Waals surface area contributed by atoms with Crippen LogP contribution in [0.3, 0.4) is 0 Å². The Hall–Kier alpha value is -1.88. The van der Waals surface area contributed by atoms with Crippen LogP contribution in [0.4, 0.5) is 24.5 Å². The maximum Gasteiger partial charge on any atom is 0.416 e. The Labute approximate surface area is 124 Å². The van der Waals surface area contributed by atoms with Gasteiger partial charge in [0.1, 0.15) is 0 Å². The van der Waals surface area contributed by atoms with Crippen molar-refractivity contribution in [2.75, 3.05) is 10.6 Å². The lowest BCUT2D eigenvalue weighted by Crippen LogP contribution is -2.15. The highest BCUT2D eigenvalue weighted by Gasteiger charge is 2.31. The monoisotopic (exact) mass is 312 g/mol. The van der Waals surface area contributed by atoms with Gasteiger partial charge in [-0.15, -0.1) is 0 Å². The largest absolute Gasteiger partial charge is 0.416 e. The molecule has 110 valence electrons. The molecule has 0 aliphatic carbocycles. The van der Waals surface area contributed by atoms with Crippen molar-refractivity contribution in [3.8, 4) is 0 Å². The minimum absolute atomic E-state index is 0.102. The van der Waals surface area contributed by atoms with Crippen molar-refractivity contribution in [1.29, 1.82) is 0 Å². The Morgan fingerprint density at radius 1 is 1.00 bits per heavy atom. The zero-order valence-electron chi connectivity index (χ0n) is 10.9. The first-order chi connectivity index (χ1) is 9.84. The molecule has 2 nitrogen and oxygen atoms in total. The number of halogens is 4. The van der Waals surface area contributed by atoms with Crippen molar-refractivity contribution in [2.24, 2.45) is 0 Å². The lowest BCUT2D eigenvalue weighted by Gasteiger charge is -2.20. The van der Waals surface area contributed by atoms with E-state index in [2.05, 4.69) is 0 Å². The summed E-state index contributed by atoms with van der Waals surface area (Å²) in [4.78, 5) is 1.94. The van der Waals surface area contributed by atoms with Gasteiger partial charge in [-0.25, -0.2) is 0 Å². The smallest absolute Gasteiger partial charge is 0.399 e. The summed E-state index contributed by atoms with van der Waals surface area (Å²) in [7, 11) is 0. The molecule has 2 N–H and O–H groups in total. The summed E-state index contributed by atoms with van der Waals surface area (Å²) in [6.07, 6.45) is -4.38. The number of benzene rings is 2. The maximum absolute atomic E-state index is 12.7. The highest BCUT2D eigenvalue weighted by atomic mass is 35.5. The van der Waals surface area contributed by atoms with Crippen LogP contribution in [0.1, 0.15) is 16.7 Å². The molecule has 0 unspecified atom stereocenters. The highest BCUT2D eigenvalue weighted by Crippen LogP contribution is 2.38. The van der Waals surface area contributed by atoms with E-state index in [1.165, 1.54) is 6.07 Å². The Morgan fingerprint density at radius 3 is 2.38 bits per heavy atom. The molecule has 0 atom stereocenters. The Kier molecular flexibility index (Phi) is 3.24. The minimum Gasteiger partial charge on any atom is -0.399 e. The van der Waals surface area contributed by atoms with Crippen molar-refractivity contribution in [2.45, 2.75) is 19.3 Å². The van der Waals surface area contributed by atoms with Crippen LogP contribution in [0.15, 0.2) is 36.4 Å². The summed E-state index contributed by atoms with van der Waals surface area (Å²) >= 11 is 6.02. The Balaban J connectivity index is 1.90. The van der Waals surface area contributed by atoms with Gasteiger partial charge in [-0.3, -0.25) is 0 Å². The molecule has 3 rings (SSSR count). The number of nitrogen functional groups attached to an aromatic ring is 1. The molecule has 1 aliphatic heterocycles.